The van der Waals surface area contributed by atoms with Crippen LogP contribution in [0.2, 0.25) is 10.0 Å². The number of para-hydroxylation sites is 1. The molecular weight excluding hydrogens is 363 g/mol. The summed E-state index contributed by atoms with van der Waals surface area (Å²) in [6, 6.07) is 12.3. The Bertz CT molecular complexity index is 1150. The molecule has 0 aliphatic heterocycles. The molecule has 0 spiro atoms. The molecule has 8 heteroatoms. The van der Waals surface area contributed by atoms with E-state index in [-0.39, 0.29) is 12.2 Å². The van der Waals surface area contributed by atoms with Crippen LogP contribution < -0.4 is 10.3 Å². The van der Waals surface area contributed by atoms with Gasteiger partial charge in [-0.3, -0.25) is 13.8 Å². The first-order chi connectivity index (χ1) is 12.0. The zero-order valence-electron chi connectivity index (χ0n) is 13.1. The van der Waals surface area contributed by atoms with Crippen molar-refractivity contribution in [1.29, 1.82) is 0 Å². The van der Waals surface area contributed by atoms with E-state index in [1.165, 1.54) is 4.57 Å². The van der Waals surface area contributed by atoms with Gasteiger partial charge >= 0.3 is 0 Å². The van der Waals surface area contributed by atoms with Gasteiger partial charge in [0.25, 0.3) is 5.56 Å². The number of hydrogen-bond donors (Lipinski definition) is 0. The largest absolute Gasteiger partial charge is 0.485 e. The monoisotopic (exact) mass is 374 g/mol. The molecule has 2 aromatic heterocycles. The van der Waals surface area contributed by atoms with Gasteiger partial charge in [0.1, 0.15) is 12.4 Å². The molecule has 0 radical (unpaired) electrons. The molecule has 0 aliphatic carbocycles. The fraction of sp³-hybridized carbons (Fsp3) is 0.118. The number of rotatable bonds is 3. The summed E-state index contributed by atoms with van der Waals surface area (Å²) >= 11 is 12.0. The van der Waals surface area contributed by atoms with E-state index in [9.17, 15) is 4.79 Å². The number of hydrogen-bond acceptors (Lipinski definition) is 4. The Labute approximate surface area is 152 Å². The molecule has 0 amide bonds. The third-order valence-corrected chi connectivity index (χ3v) is 4.33. The van der Waals surface area contributed by atoms with Gasteiger partial charge in [0.15, 0.2) is 5.82 Å². The molecule has 0 atom stereocenters. The Hall–Kier alpha value is -2.57. The second-order valence-corrected chi connectivity index (χ2v) is 6.40. The molecule has 2 heterocycles. The molecule has 126 valence electrons. The fourth-order valence-corrected chi connectivity index (χ4v) is 3.25. The Balaban J connectivity index is 1.82. The van der Waals surface area contributed by atoms with E-state index in [1.807, 2.05) is 22.6 Å². The second-order valence-electron chi connectivity index (χ2n) is 5.53. The van der Waals surface area contributed by atoms with Gasteiger partial charge in [-0.05, 0) is 30.3 Å². The van der Waals surface area contributed by atoms with Gasteiger partial charge < -0.3 is 4.74 Å². The number of nitrogens with zero attached hydrogens (tertiary/aromatic N) is 4. The van der Waals surface area contributed by atoms with Crippen LogP contribution in [0.25, 0.3) is 16.7 Å². The van der Waals surface area contributed by atoms with E-state index in [2.05, 4.69) is 10.2 Å². The number of aromatic nitrogens is 4. The lowest BCUT2D eigenvalue weighted by Gasteiger charge is -2.09. The molecule has 0 aliphatic rings. The van der Waals surface area contributed by atoms with Crippen LogP contribution in [0.15, 0.2) is 47.3 Å². The molecular formula is C17H12Cl2N4O2. The van der Waals surface area contributed by atoms with Gasteiger partial charge in [0.05, 0.1) is 10.9 Å². The number of benzene rings is 2. The van der Waals surface area contributed by atoms with Crippen LogP contribution in [-0.2, 0) is 13.7 Å². The number of aryl methyl sites for hydroxylation is 1. The Morgan fingerprint density at radius 3 is 2.56 bits per heavy atom. The third kappa shape index (κ3) is 2.73. The lowest BCUT2D eigenvalue weighted by molar-refractivity contribution is 0.295. The van der Waals surface area contributed by atoms with Crippen LogP contribution in [0.4, 0.5) is 0 Å². The lowest BCUT2D eigenvalue weighted by atomic mass is 10.2. The van der Waals surface area contributed by atoms with Gasteiger partial charge in [0.2, 0.25) is 5.78 Å². The van der Waals surface area contributed by atoms with Crippen LogP contribution in [0.1, 0.15) is 5.82 Å². The molecule has 4 aromatic rings. The van der Waals surface area contributed by atoms with Crippen LogP contribution in [0.3, 0.4) is 0 Å². The molecule has 2 aromatic carbocycles. The SMILES string of the molecule is Cn1c(=O)c2ccccc2n2c(COc3cc(Cl)cc(Cl)c3)nnc12. The predicted molar refractivity (Wildman–Crippen MR) is 96.5 cm³/mol. The van der Waals surface area contributed by atoms with Crippen molar-refractivity contribution in [3.8, 4) is 5.75 Å². The van der Waals surface area contributed by atoms with Crippen molar-refractivity contribution in [3.05, 3.63) is 68.7 Å². The van der Waals surface area contributed by atoms with E-state index >= 15 is 0 Å². The predicted octanol–water partition coefficient (Wildman–Crippen LogP) is 3.47. The van der Waals surface area contributed by atoms with Crippen LogP contribution >= 0.6 is 23.2 Å². The Kier molecular flexibility index (Phi) is 3.86. The maximum Gasteiger partial charge on any atom is 0.262 e. The number of ether oxygens (including phenoxy) is 1. The molecule has 0 saturated carbocycles. The maximum atomic E-state index is 12.4. The third-order valence-electron chi connectivity index (χ3n) is 3.90. The minimum atomic E-state index is -0.121. The first-order valence-corrected chi connectivity index (χ1v) is 8.21. The van der Waals surface area contributed by atoms with E-state index in [1.54, 1.807) is 31.3 Å². The van der Waals surface area contributed by atoms with Gasteiger partial charge in [-0.25, -0.2) is 0 Å². The zero-order chi connectivity index (χ0) is 17.6. The number of halogens is 2. The molecule has 0 bridgehead atoms. The first-order valence-electron chi connectivity index (χ1n) is 7.45. The Morgan fingerprint density at radius 2 is 1.80 bits per heavy atom. The summed E-state index contributed by atoms with van der Waals surface area (Å²) in [5.74, 6) is 1.55. The summed E-state index contributed by atoms with van der Waals surface area (Å²) in [5.41, 5.74) is 0.609. The van der Waals surface area contributed by atoms with E-state index in [0.717, 1.165) is 5.52 Å². The number of fused-ring (bicyclic) bond motifs is 3. The van der Waals surface area contributed by atoms with Gasteiger partial charge in [-0.2, -0.15) is 0 Å². The van der Waals surface area contributed by atoms with Gasteiger partial charge in [0, 0.05) is 17.1 Å². The second kappa shape index (κ2) is 6.06. The smallest absolute Gasteiger partial charge is 0.262 e. The minimum Gasteiger partial charge on any atom is -0.485 e. The highest BCUT2D eigenvalue weighted by Crippen LogP contribution is 2.25. The summed E-state index contributed by atoms with van der Waals surface area (Å²) in [6.07, 6.45) is 0. The quantitative estimate of drug-likeness (QED) is 0.550. The molecule has 0 N–H and O–H groups in total. The summed E-state index contributed by atoms with van der Waals surface area (Å²) in [6.45, 7) is 0.153. The fourth-order valence-electron chi connectivity index (χ4n) is 2.75. The van der Waals surface area contributed by atoms with Gasteiger partial charge in [-0.15, -0.1) is 10.2 Å². The minimum absolute atomic E-state index is 0.121. The summed E-state index contributed by atoms with van der Waals surface area (Å²) in [5, 5.41) is 9.85. The van der Waals surface area contributed by atoms with Crippen molar-refractivity contribution in [2.24, 2.45) is 7.05 Å². The molecule has 0 unspecified atom stereocenters. The molecule has 4 rings (SSSR count). The van der Waals surface area contributed by atoms with Crippen molar-refractivity contribution < 1.29 is 4.74 Å². The van der Waals surface area contributed by atoms with E-state index in [0.29, 0.717) is 32.8 Å². The zero-order valence-corrected chi connectivity index (χ0v) is 14.6. The highest BCUT2D eigenvalue weighted by Gasteiger charge is 2.14. The van der Waals surface area contributed by atoms with Crippen molar-refractivity contribution in [1.82, 2.24) is 19.2 Å². The molecule has 0 saturated heterocycles. The van der Waals surface area contributed by atoms with Crippen molar-refractivity contribution in [3.63, 3.8) is 0 Å². The highest BCUT2D eigenvalue weighted by molar-refractivity contribution is 6.34. The van der Waals surface area contributed by atoms with E-state index < -0.39 is 0 Å². The standard InChI is InChI=1S/C17H12Cl2N4O2/c1-22-16(24)13-4-2-3-5-14(13)23-15(20-21-17(22)23)9-25-12-7-10(18)6-11(19)8-12/h2-8H,9H2,1H3. The van der Waals surface area contributed by atoms with Crippen molar-refractivity contribution in [2.45, 2.75) is 6.61 Å². The summed E-state index contributed by atoms with van der Waals surface area (Å²) in [4.78, 5) is 12.4. The first kappa shape index (κ1) is 15.9. The average molecular weight is 375 g/mol. The Morgan fingerprint density at radius 1 is 1.08 bits per heavy atom. The van der Waals surface area contributed by atoms with Crippen LogP contribution in [-0.4, -0.2) is 19.2 Å². The van der Waals surface area contributed by atoms with E-state index in [4.69, 9.17) is 27.9 Å². The van der Waals surface area contributed by atoms with Crippen LogP contribution in [0.5, 0.6) is 5.75 Å². The maximum absolute atomic E-state index is 12.4. The normalized spacial score (nSPS) is 11.3. The van der Waals surface area contributed by atoms with Crippen LogP contribution in [0, 0.1) is 0 Å². The topological polar surface area (TPSA) is 61.4 Å². The van der Waals surface area contributed by atoms with Gasteiger partial charge in [-0.1, -0.05) is 35.3 Å². The van der Waals surface area contributed by atoms with Crippen molar-refractivity contribution in [2.75, 3.05) is 0 Å². The summed E-state index contributed by atoms with van der Waals surface area (Å²) < 4.78 is 9.04. The molecule has 0 fully saturated rings. The molecule has 6 nitrogen and oxygen atoms in total. The molecule has 25 heavy (non-hydrogen) atoms. The highest BCUT2D eigenvalue weighted by atomic mass is 35.5. The summed E-state index contributed by atoms with van der Waals surface area (Å²) in [7, 11) is 1.67. The van der Waals surface area contributed by atoms with Crippen molar-refractivity contribution >= 4 is 39.9 Å². The average Bonchev–Trinajstić information content (AvgIpc) is 3.01. The lowest BCUT2D eigenvalue weighted by Crippen LogP contribution is -2.20.